The molecule has 0 bridgehead atoms. The predicted octanol–water partition coefficient (Wildman–Crippen LogP) is 3.03. The fourth-order valence-corrected chi connectivity index (χ4v) is 3.42. The van der Waals surface area contributed by atoms with E-state index in [9.17, 15) is 14.4 Å². The molecule has 0 unspecified atom stereocenters. The third-order valence-electron chi connectivity index (χ3n) is 4.95. The number of hydrogen-bond donors (Lipinski definition) is 2. The van der Waals surface area contributed by atoms with E-state index in [2.05, 4.69) is 4.98 Å². The number of aromatic nitrogens is 2. The molecule has 2 heterocycles. The summed E-state index contributed by atoms with van der Waals surface area (Å²) in [5.74, 6) is -0.306. The van der Waals surface area contributed by atoms with E-state index >= 15 is 0 Å². The Morgan fingerprint density at radius 3 is 2.59 bits per heavy atom. The highest BCUT2D eigenvalue weighted by Gasteiger charge is 2.28. The summed E-state index contributed by atoms with van der Waals surface area (Å²) >= 11 is 0. The molecule has 2 aromatic heterocycles. The molecular weight excluding hydrogens is 372 g/mol. The normalized spacial score (nSPS) is 11.1. The van der Waals surface area contributed by atoms with E-state index in [1.54, 1.807) is 6.07 Å². The molecule has 29 heavy (non-hydrogen) atoms. The van der Waals surface area contributed by atoms with Gasteiger partial charge >= 0.3 is 5.69 Å². The van der Waals surface area contributed by atoms with Crippen molar-refractivity contribution in [2.24, 2.45) is 0 Å². The number of H-pyrrole nitrogens is 1. The fraction of sp³-hybridized carbons (Fsp3) is 0.381. The first kappa shape index (κ1) is 20.4. The summed E-state index contributed by atoms with van der Waals surface area (Å²) in [6.45, 7) is 6.31. The van der Waals surface area contributed by atoms with Crippen LogP contribution >= 0.6 is 0 Å². The van der Waals surface area contributed by atoms with Gasteiger partial charge in [-0.15, -0.1) is 0 Å². The van der Waals surface area contributed by atoms with Gasteiger partial charge in [0.05, 0.1) is 0 Å². The number of carbonyl (C=O) groups excluding carboxylic acids is 1. The number of nitrogens with two attached hydrogens (primary N) is 1. The number of amides is 1. The van der Waals surface area contributed by atoms with Crippen LogP contribution in [0.1, 0.15) is 49.2 Å². The van der Waals surface area contributed by atoms with Gasteiger partial charge < -0.3 is 10.2 Å². The van der Waals surface area contributed by atoms with Crippen LogP contribution in [0.15, 0.2) is 38.3 Å². The number of anilines is 2. The largest absolute Gasteiger partial charge is 0.451 e. The number of nitrogens with one attached hydrogen (secondary N) is 1. The molecule has 0 saturated heterocycles. The molecule has 0 radical (unpaired) electrons. The van der Waals surface area contributed by atoms with Crippen molar-refractivity contribution < 1.29 is 9.21 Å². The lowest BCUT2D eigenvalue weighted by molar-refractivity contribution is 0.0961. The summed E-state index contributed by atoms with van der Waals surface area (Å²) in [6.07, 6.45) is 2.13. The maximum Gasteiger partial charge on any atom is 0.330 e. The van der Waals surface area contributed by atoms with Crippen LogP contribution < -0.4 is 21.9 Å². The quantitative estimate of drug-likeness (QED) is 0.635. The summed E-state index contributed by atoms with van der Waals surface area (Å²) in [5, 5.41) is 0.837. The molecule has 0 aliphatic heterocycles. The van der Waals surface area contributed by atoms with Crippen molar-refractivity contribution in [3.63, 3.8) is 0 Å². The number of aryl methyl sites for hydroxylation is 1. The van der Waals surface area contributed by atoms with Crippen LogP contribution in [0.25, 0.3) is 11.0 Å². The third kappa shape index (κ3) is 3.70. The molecule has 1 aromatic carbocycles. The third-order valence-corrected chi connectivity index (χ3v) is 4.95. The monoisotopic (exact) mass is 398 g/mol. The average Bonchev–Trinajstić information content (AvgIpc) is 3.04. The molecule has 3 N–H and O–H groups in total. The van der Waals surface area contributed by atoms with E-state index in [-0.39, 0.29) is 23.8 Å². The predicted molar refractivity (Wildman–Crippen MR) is 114 cm³/mol. The number of rotatable bonds is 7. The molecule has 0 fully saturated rings. The van der Waals surface area contributed by atoms with Gasteiger partial charge in [0.2, 0.25) is 0 Å². The number of unbranched alkanes of at least 4 members (excludes halogenated alkanes) is 1. The van der Waals surface area contributed by atoms with Gasteiger partial charge in [0.25, 0.3) is 11.5 Å². The van der Waals surface area contributed by atoms with Crippen LogP contribution in [0.5, 0.6) is 0 Å². The van der Waals surface area contributed by atoms with Gasteiger partial charge in [0.1, 0.15) is 11.4 Å². The Morgan fingerprint density at radius 1 is 1.21 bits per heavy atom. The highest BCUT2D eigenvalue weighted by Crippen LogP contribution is 2.28. The molecule has 0 aliphatic carbocycles. The second-order valence-corrected chi connectivity index (χ2v) is 7.01. The summed E-state index contributed by atoms with van der Waals surface area (Å²) in [4.78, 5) is 41.8. The van der Waals surface area contributed by atoms with E-state index in [1.807, 2.05) is 39.0 Å². The van der Waals surface area contributed by atoms with Gasteiger partial charge in [-0.25, -0.2) is 4.79 Å². The smallest absolute Gasteiger partial charge is 0.330 e. The minimum absolute atomic E-state index is 0.0150. The van der Waals surface area contributed by atoms with Crippen LogP contribution in [0.2, 0.25) is 0 Å². The van der Waals surface area contributed by atoms with E-state index in [1.165, 1.54) is 9.47 Å². The number of aromatic amines is 1. The van der Waals surface area contributed by atoms with Crippen molar-refractivity contribution in [1.29, 1.82) is 0 Å². The summed E-state index contributed by atoms with van der Waals surface area (Å²) in [6, 6.07) is 7.37. The highest BCUT2D eigenvalue weighted by atomic mass is 16.3. The Balaban J connectivity index is 2.17. The summed E-state index contributed by atoms with van der Waals surface area (Å²) in [5.41, 5.74) is 6.21. The first-order valence-electron chi connectivity index (χ1n) is 9.83. The average molecular weight is 398 g/mol. The van der Waals surface area contributed by atoms with Crippen LogP contribution in [-0.4, -0.2) is 22.0 Å². The summed E-state index contributed by atoms with van der Waals surface area (Å²) in [7, 11) is 0. The van der Waals surface area contributed by atoms with Crippen molar-refractivity contribution in [3.05, 3.63) is 56.4 Å². The molecule has 8 heteroatoms. The van der Waals surface area contributed by atoms with Crippen molar-refractivity contribution in [2.75, 3.05) is 17.2 Å². The zero-order chi connectivity index (χ0) is 21.1. The van der Waals surface area contributed by atoms with Crippen molar-refractivity contribution in [1.82, 2.24) is 9.55 Å². The summed E-state index contributed by atoms with van der Waals surface area (Å²) < 4.78 is 7.10. The molecule has 0 saturated carbocycles. The van der Waals surface area contributed by atoms with Gasteiger partial charge in [-0.05, 0) is 25.8 Å². The Bertz CT molecular complexity index is 1160. The van der Waals surface area contributed by atoms with E-state index < -0.39 is 17.2 Å². The second-order valence-electron chi connectivity index (χ2n) is 7.01. The Kier molecular flexibility index (Phi) is 5.91. The SMILES string of the molecule is CCCCN(C(=O)c1oc2ccccc2c1C)c1c(N)n(CCC)c(=O)[nH]c1=O. The fourth-order valence-electron chi connectivity index (χ4n) is 3.42. The van der Waals surface area contributed by atoms with Crippen LogP contribution in [0, 0.1) is 6.92 Å². The number of carbonyl (C=O) groups is 1. The maximum atomic E-state index is 13.4. The van der Waals surface area contributed by atoms with Crippen molar-refractivity contribution >= 4 is 28.4 Å². The van der Waals surface area contributed by atoms with Gasteiger partial charge in [0, 0.05) is 24.0 Å². The van der Waals surface area contributed by atoms with Crippen LogP contribution in [0.4, 0.5) is 11.5 Å². The zero-order valence-electron chi connectivity index (χ0n) is 16.9. The number of furan rings is 1. The topological polar surface area (TPSA) is 114 Å². The Morgan fingerprint density at radius 2 is 1.93 bits per heavy atom. The highest BCUT2D eigenvalue weighted by molar-refractivity contribution is 6.08. The number of benzene rings is 1. The van der Waals surface area contributed by atoms with Crippen molar-refractivity contribution in [2.45, 2.75) is 46.6 Å². The number of hydrogen-bond acceptors (Lipinski definition) is 5. The standard InChI is InChI=1S/C21H26N4O4/c1-4-6-12-24(16-18(22)25(11-5-2)21(28)23-19(16)26)20(27)17-13(3)14-9-7-8-10-15(14)29-17/h7-10H,4-6,11-12,22H2,1-3H3,(H,23,26,28). The van der Waals surface area contributed by atoms with E-state index in [0.717, 1.165) is 11.8 Å². The Labute approximate surface area is 167 Å². The van der Waals surface area contributed by atoms with Crippen LogP contribution in [-0.2, 0) is 6.54 Å². The molecular formula is C21H26N4O4. The lowest BCUT2D eigenvalue weighted by Crippen LogP contribution is -2.41. The maximum absolute atomic E-state index is 13.4. The second kappa shape index (κ2) is 8.38. The lowest BCUT2D eigenvalue weighted by Gasteiger charge is -2.23. The van der Waals surface area contributed by atoms with Crippen molar-refractivity contribution in [3.8, 4) is 0 Å². The number of nitrogens with zero attached hydrogens (tertiary/aromatic N) is 2. The molecule has 3 aromatic rings. The van der Waals surface area contributed by atoms with Gasteiger partial charge in [-0.3, -0.25) is 24.0 Å². The molecule has 1 amide bonds. The first-order valence-corrected chi connectivity index (χ1v) is 9.83. The number of para-hydroxylation sites is 1. The van der Waals surface area contributed by atoms with Gasteiger partial charge in [0.15, 0.2) is 11.4 Å². The molecule has 8 nitrogen and oxygen atoms in total. The van der Waals surface area contributed by atoms with Gasteiger partial charge in [-0.1, -0.05) is 38.5 Å². The number of nitrogen functional groups attached to an aromatic ring is 1. The van der Waals surface area contributed by atoms with Crippen LogP contribution in [0.3, 0.4) is 0 Å². The molecule has 3 rings (SSSR count). The zero-order valence-corrected chi connectivity index (χ0v) is 16.9. The Hall–Kier alpha value is -3.29. The van der Waals surface area contributed by atoms with E-state index in [0.29, 0.717) is 30.5 Å². The first-order chi connectivity index (χ1) is 13.9. The minimum Gasteiger partial charge on any atom is -0.451 e. The molecule has 0 aliphatic rings. The molecule has 0 atom stereocenters. The lowest BCUT2D eigenvalue weighted by atomic mass is 10.1. The van der Waals surface area contributed by atoms with E-state index in [4.69, 9.17) is 10.2 Å². The molecule has 154 valence electrons. The van der Waals surface area contributed by atoms with Gasteiger partial charge in [-0.2, -0.15) is 0 Å². The minimum atomic E-state index is -0.682. The molecule has 0 spiro atoms. The number of fused-ring (bicyclic) bond motifs is 1.